The normalized spacial score (nSPS) is 11.8. The van der Waals surface area contributed by atoms with Gasteiger partial charge in [0.25, 0.3) is 0 Å². The fourth-order valence-electron chi connectivity index (χ4n) is 3.00. The second-order valence-corrected chi connectivity index (χ2v) is 9.28. The van der Waals surface area contributed by atoms with Gasteiger partial charge in [-0.3, -0.25) is 4.72 Å². The fraction of sp³-hybridized carbons (Fsp3) is 0.409. The number of ether oxygens (including phenoxy) is 1. The van der Waals surface area contributed by atoms with Gasteiger partial charge in [0.2, 0.25) is 0 Å². The van der Waals surface area contributed by atoms with E-state index < -0.39 is 22.4 Å². The minimum atomic E-state index is -4.28. The molecule has 0 saturated heterocycles. The smallest absolute Gasteiger partial charge is 0.430 e. The largest absolute Gasteiger partial charge is 0.446 e. The molecule has 2 aromatic rings. The van der Waals surface area contributed by atoms with Crippen LogP contribution >= 0.6 is 0 Å². The second kappa shape index (κ2) is 9.31. The average Bonchev–Trinajstić information content (AvgIpc) is 2.61. The lowest BCUT2D eigenvalue weighted by atomic mass is 9.93. The van der Waals surface area contributed by atoms with Crippen LogP contribution in [-0.4, -0.2) is 20.6 Å². The van der Waals surface area contributed by atoms with Gasteiger partial charge in [-0.2, -0.15) is 12.7 Å². The van der Waals surface area contributed by atoms with Crippen LogP contribution in [0.1, 0.15) is 64.5 Å². The van der Waals surface area contributed by atoms with Gasteiger partial charge in [-0.1, -0.05) is 64.1 Å². The van der Waals surface area contributed by atoms with Gasteiger partial charge >= 0.3 is 16.3 Å². The summed E-state index contributed by atoms with van der Waals surface area (Å²) in [7, 11) is -4.28. The summed E-state index contributed by atoms with van der Waals surface area (Å²) in [5, 5.41) is 0. The molecule has 0 atom stereocenters. The van der Waals surface area contributed by atoms with E-state index in [1.165, 1.54) is 0 Å². The van der Waals surface area contributed by atoms with Crippen LogP contribution in [0, 0.1) is 0 Å². The van der Waals surface area contributed by atoms with Crippen molar-refractivity contribution in [2.24, 2.45) is 0 Å². The summed E-state index contributed by atoms with van der Waals surface area (Å²) in [5.74, 6) is 0.193. The maximum Gasteiger partial charge on any atom is 0.430 e. The molecule has 158 valence electrons. The van der Waals surface area contributed by atoms with E-state index in [1.54, 1.807) is 44.2 Å². The standard InChI is InChI=1S/C22H30N2O4S/c1-15(2)19-13-10-14-20(16(3)4)21(19)23-29(26,27)24(22(25)28-17(5)6)18-11-8-7-9-12-18/h7-17,23H,1-6H3. The second-order valence-electron chi connectivity index (χ2n) is 7.76. The average molecular weight is 419 g/mol. The van der Waals surface area contributed by atoms with E-state index in [0.29, 0.717) is 9.99 Å². The zero-order valence-electron chi connectivity index (χ0n) is 17.8. The van der Waals surface area contributed by atoms with Crippen molar-refractivity contribution in [3.63, 3.8) is 0 Å². The minimum Gasteiger partial charge on any atom is -0.446 e. The number of benzene rings is 2. The first-order valence-electron chi connectivity index (χ1n) is 9.76. The predicted octanol–water partition coefficient (Wildman–Crippen LogP) is 5.64. The Kier molecular flexibility index (Phi) is 7.30. The van der Waals surface area contributed by atoms with Gasteiger partial charge in [-0.05, 0) is 48.9 Å². The van der Waals surface area contributed by atoms with Crippen LogP contribution in [0.4, 0.5) is 16.2 Å². The maximum absolute atomic E-state index is 13.4. The van der Waals surface area contributed by atoms with Crippen molar-refractivity contribution >= 4 is 27.7 Å². The number of carbonyl (C=O) groups is 1. The van der Waals surface area contributed by atoms with Crippen molar-refractivity contribution in [2.75, 3.05) is 9.03 Å². The number of anilines is 2. The number of hydrogen-bond acceptors (Lipinski definition) is 4. The molecule has 2 aromatic carbocycles. The summed E-state index contributed by atoms with van der Waals surface area (Å²) in [6, 6.07) is 13.9. The Hall–Kier alpha value is -2.54. The topological polar surface area (TPSA) is 75.7 Å². The highest BCUT2D eigenvalue weighted by Crippen LogP contribution is 2.34. The lowest BCUT2D eigenvalue weighted by molar-refractivity contribution is 0.126. The van der Waals surface area contributed by atoms with Crippen LogP contribution in [0.5, 0.6) is 0 Å². The van der Waals surface area contributed by atoms with Crippen LogP contribution in [0.3, 0.4) is 0 Å². The van der Waals surface area contributed by atoms with Crippen molar-refractivity contribution < 1.29 is 17.9 Å². The van der Waals surface area contributed by atoms with E-state index in [2.05, 4.69) is 4.72 Å². The monoisotopic (exact) mass is 418 g/mol. The van der Waals surface area contributed by atoms with Gasteiger partial charge in [0.05, 0.1) is 17.5 Å². The molecule has 7 heteroatoms. The van der Waals surface area contributed by atoms with Gasteiger partial charge < -0.3 is 4.74 Å². The zero-order chi connectivity index (χ0) is 21.8. The van der Waals surface area contributed by atoms with E-state index in [9.17, 15) is 13.2 Å². The lowest BCUT2D eigenvalue weighted by Crippen LogP contribution is -2.42. The van der Waals surface area contributed by atoms with Crippen molar-refractivity contribution in [3.05, 3.63) is 59.7 Å². The number of amides is 1. The highest BCUT2D eigenvalue weighted by atomic mass is 32.2. The Labute approximate surface area is 174 Å². The number of hydrogen-bond donors (Lipinski definition) is 1. The molecule has 0 heterocycles. The number of rotatable bonds is 7. The van der Waals surface area contributed by atoms with E-state index in [4.69, 9.17) is 4.74 Å². The Balaban J connectivity index is 2.58. The molecule has 29 heavy (non-hydrogen) atoms. The molecule has 0 radical (unpaired) electrons. The highest BCUT2D eigenvalue weighted by Gasteiger charge is 2.33. The maximum atomic E-state index is 13.4. The fourth-order valence-corrected chi connectivity index (χ4v) is 4.22. The van der Waals surface area contributed by atoms with Gasteiger partial charge in [-0.15, -0.1) is 0 Å². The molecule has 2 rings (SSSR count). The summed E-state index contributed by atoms with van der Waals surface area (Å²) in [4.78, 5) is 12.7. The van der Waals surface area contributed by atoms with Crippen LogP contribution in [-0.2, 0) is 14.9 Å². The molecule has 0 aliphatic rings. The van der Waals surface area contributed by atoms with Gasteiger partial charge in [0, 0.05) is 0 Å². The molecule has 0 spiro atoms. The van der Waals surface area contributed by atoms with Crippen molar-refractivity contribution in [3.8, 4) is 0 Å². The SMILES string of the molecule is CC(C)OC(=O)N(c1ccccc1)S(=O)(=O)Nc1c(C(C)C)cccc1C(C)C. The summed E-state index contributed by atoms with van der Waals surface area (Å²) in [6.07, 6.45) is -1.41. The van der Waals surface area contributed by atoms with Gasteiger partial charge in [0.1, 0.15) is 0 Å². The summed E-state index contributed by atoms with van der Waals surface area (Å²) >= 11 is 0. The Morgan fingerprint density at radius 2 is 1.38 bits per heavy atom. The molecule has 0 aliphatic heterocycles. The first-order valence-corrected chi connectivity index (χ1v) is 11.2. The molecule has 0 bridgehead atoms. The zero-order valence-corrected chi connectivity index (χ0v) is 18.7. The molecule has 0 aromatic heterocycles. The molecule has 1 N–H and O–H groups in total. The number of nitrogens with zero attached hydrogens (tertiary/aromatic N) is 1. The van der Waals surface area contributed by atoms with Crippen LogP contribution in [0.15, 0.2) is 48.5 Å². The molecule has 1 amide bonds. The van der Waals surface area contributed by atoms with Gasteiger partial charge in [-0.25, -0.2) is 4.79 Å². The molecular formula is C22H30N2O4S. The molecule has 0 fully saturated rings. The Morgan fingerprint density at radius 3 is 1.83 bits per heavy atom. The van der Waals surface area contributed by atoms with E-state index in [1.807, 2.05) is 45.9 Å². The van der Waals surface area contributed by atoms with Crippen LogP contribution in [0.25, 0.3) is 0 Å². The molecule has 0 aliphatic carbocycles. The van der Waals surface area contributed by atoms with E-state index in [-0.39, 0.29) is 17.5 Å². The first kappa shape index (κ1) is 22.7. The third-order valence-corrected chi connectivity index (χ3v) is 5.64. The number of para-hydroxylation sites is 2. The quantitative estimate of drug-likeness (QED) is 0.631. The highest BCUT2D eigenvalue weighted by molar-refractivity contribution is 7.94. The van der Waals surface area contributed by atoms with Gasteiger partial charge in [0.15, 0.2) is 0 Å². The molecule has 0 unspecified atom stereocenters. The van der Waals surface area contributed by atoms with E-state index >= 15 is 0 Å². The van der Waals surface area contributed by atoms with Crippen LogP contribution in [0.2, 0.25) is 0 Å². The minimum absolute atomic E-state index is 0.0965. The molecule has 0 saturated carbocycles. The Morgan fingerprint density at radius 1 is 0.862 bits per heavy atom. The van der Waals surface area contributed by atoms with Crippen molar-refractivity contribution in [1.29, 1.82) is 0 Å². The van der Waals surface area contributed by atoms with Crippen LogP contribution < -0.4 is 9.03 Å². The third kappa shape index (κ3) is 5.50. The number of nitrogens with one attached hydrogen (secondary N) is 1. The van der Waals surface area contributed by atoms with Crippen molar-refractivity contribution in [2.45, 2.75) is 59.5 Å². The summed E-state index contributed by atoms with van der Waals surface area (Å²) in [6.45, 7) is 11.3. The predicted molar refractivity (Wildman–Crippen MR) is 118 cm³/mol. The Bertz CT molecular complexity index is 912. The first-order chi connectivity index (χ1) is 13.5. The number of carbonyl (C=O) groups excluding carboxylic acids is 1. The summed E-state index contributed by atoms with van der Waals surface area (Å²) in [5.41, 5.74) is 2.45. The lowest BCUT2D eigenvalue weighted by Gasteiger charge is -2.26. The van der Waals surface area contributed by atoms with E-state index in [0.717, 1.165) is 11.1 Å². The third-order valence-electron chi connectivity index (χ3n) is 4.34. The van der Waals surface area contributed by atoms with Crippen molar-refractivity contribution in [1.82, 2.24) is 0 Å². The molecular weight excluding hydrogens is 388 g/mol. The summed E-state index contributed by atoms with van der Waals surface area (Å²) < 4.78 is 35.3. The molecule has 6 nitrogen and oxygen atoms in total.